The third-order valence-corrected chi connectivity index (χ3v) is 7.07. The number of nitrogens with zero attached hydrogens (tertiary/aromatic N) is 1. The van der Waals surface area contributed by atoms with Crippen LogP contribution < -0.4 is 5.32 Å². The maximum absolute atomic E-state index is 12.8. The molecule has 0 bridgehead atoms. The molecule has 4 rings (SSSR count). The van der Waals surface area contributed by atoms with Crippen molar-refractivity contribution in [3.8, 4) is 5.75 Å². The number of anilines is 1. The number of fused-ring (bicyclic) bond motifs is 1. The summed E-state index contributed by atoms with van der Waals surface area (Å²) < 4.78 is 26.9. The van der Waals surface area contributed by atoms with Gasteiger partial charge in [-0.1, -0.05) is 42.5 Å². The number of amides is 1. The summed E-state index contributed by atoms with van der Waals surface area (Å²) >= 11 is 0. The predicted molar refractivity (Wildman–Crippen MR) is 112 cm³/mol. The Kier molecular flexibility index (Phi) is 5.25. The molecule has 0 atom stereocenters. The summed E-state index contributed by atoms with van der Waals surface area (Å²) in [5, 5.41) is 14.8. The third kappa shape index (κ3) is 3.97. The topological polar surface area (TPSA) is 86.7 Å². The number of hydrogen-bond acceptors (Lipinski definition) is 4. The molecule has 29 heavy (non-hydrogen) atoms. The van der Waals surface area contributed by atoms with Crippen LogP contribution >= 0.6 is 0 Å². The zero-order chi connectivity index (χ0) is 20.4. The number of aromatic hydroxyl groups is 1. The minimum absolute atomic E-state index is 0.0673. The number of nitrogens with one attached hydrogen (secondary N) is 1. The Balaban J connectivity index is 1.56. The highest BCUT2D eigenvalue weighted by atomic mass is 32.2. The second-order valence-electron chi connectivity index (χ2n) is 7.15. The predicted octanol–water partition coefficient (Wildman–Crippen LogP) is 3.51. The molecule has 0 radical (unpaired) electrons. The summed E-state index contributed by atoms with van der Waals surface area (Å²) in [4.78, 5) is 12.7. The van der Waals surface area contributed by atoms with Crippen LogP contribution in [-0.2, 0) is 21.2 Å². The van der Waals surface area contributed by atoms with Gasteiger partial charge in [0.05, 0.1) is 17.0 Å². The van der Waals surface area contributed by atoms with Gasteiger partial charge in [-0.15, -0.1) is 0 Å². The highest BCUT2D eigenvalue weighted by Gasteiger charge is 2.28. The Labute approximate surface area is 169 Å². The van der Waals surface area contributed by atoms with Gasteiger partial charge in [0.2, 0.25) is 15.9 Å². The normalized spacial score (nSPS) is 14.9. The minimum atomic E-state index is -3.63. The largest absolute Gasteiger partial charge is 0.506 e. The number of sulfonamides is 1. The first-order chi connectivity index (χ1) is 13.9. The quantitative estimate of drug-likeness (QED) is 0.630. The minimum Gasteiger partial charge on any atom is -0.506 e. The number of carbonyl (C=O) groups is 1. The molecule has 0 saturated carbocycles. The van der Waals surface area contributed by atoms with Gasteiger partial charge in [0.25, 0.3) is 0 Å². The molecule has 0 unspecified atom stereocenters. The zero-order valence-corrected chi connectivity index (χ0v) is 16.7. The Morgan fingerprint density at radius 3 is 2.52 bits per heavy atom. The van der Waals surface area contributed by atoms with Gasteiger partial charge < -0.3 is 10.4 Å². The molecule has 7 heteroatoms. The number of rotatable bonds is 5. The molecule has 1 amide bonds. The van der Waals surface area contributed by atoms with Gasteiger partial charge in [-0.25, -0.2) is 8.42 Å². The van der Waals surface area contributed by atoms with Gasteiger partial charge >= 0.3 is 0 Å². The SMILES string of the molecule is O=C(Cc1cccc2ccccc12)Nc1cc(S(=O)(=O)N2CCCC2)ccc1O. The van der Waals surface area contributed by atoms with Crippen molar-refractivity contribution in [2.45, 2.75) is 24.2 Å². The monoisotopic (exact) mass is 410 g/mol. The maximum atomic E-state index is 12.8. The van der Waals surface area contributed by atoms with Crippen LogP contribution in [0.2, 0.25) is 0 Å². The van der Waals surface area contributed by atoms with E-state index in [-0.39, 0.29) is 28.7 Å². The zero-order valence-electron chi connectivity index (χ0n) is 15.8. The van der Waals surface area contributed by atoms with E-state index in [1.54, 1.807) is 0 Å². The van der Waals surface area contributed by atoms with Gasteiger partial charge in [-0.3, -0.25) is 4.79 Å². The van der Waals surface area contributed by atoms with Crippen LogP contribution in [-0.4, -0.2) is 36.8 Å². The molecule has 150 valence electrons. The van der Waals surface area contributed by atoms with Crippen LogP contribution in [0, 0.1) is 0 Å². The fourth-order valence-electron chi connectivity index (χ4n) is 3.67. The summed E-state index contributed by atoms with van der Waals surface area (Å²) in [6.45, 7) is 0.984. The molecule has 1 saturated heterocycles. The first-order valence-corrected chi connectivity index (χ1v) is 11.0. The van der Waals surface area contributed by atoms with Crippen LogP contribution in [0.15, 0.2) is 65.6 Å². The van der Waals surface area contributed by atoms with Crippen molar-refractivity contribution in [2.24, 2.45) is 0 Å². The highest BCUT2D eigenvalue weighted by molar-refractivity contribution is 7.89. The van der Waals surface area contributed by atoms with Crippen molar-refractivity contribution < 1.29 is 18.3 Å². The Hall–Kier alpha value is -2.90. The van der Waals surface area contributed by atoms with Crippen LogP contribution in [0.25, 0.3) is 10.8 Å². The first-order valence-electron chi connectivity index (χ1n) is 9.55. The Morgan fingerprint density at radius 1 is 1.00 bits per heavy atom. The van der Waals surface area contributed by atoms with E-state index < -0.39 is 10.0 Å². The second kappa shape index (κ2) is 7.85. The van der Waals surface area contributed by atoms with Crippen molar-refractivity contribution >= 4 is 32.4 Å². The summed E-state index contributed by atoms with van der Waals surface area (Å²) in [6, 6.07) is 17.5. The number of phenols is 1. The summed E-state index contributed by atoms with van der Waals surface area (Å²) in [5.41, 5.74) is 0.955. The van der Waals surface area contributed by atoms with E-state index in [4.69, 9.17) is 0 Å². The smallest absolute Gasteiger partial charge is 0.243 e. The van der Waals surface area contributed by atoms with E-state index in [9.17, 15) is 18.3 Å². The number of hydrogen-bond donors (Lipinski definition) is 2. The molecule has 1 fully saturated rings. The lowest BCUT2D eigenvalue weighted by Crippen LogP contribution is -2.28. The van der Waals surface area contributed by atoms with E-state index in [2.05, 4.69) is 5.32 Å². The summed E-state index contributed by atoms with van der Waals surface area (Å²) in [7, 11) is -3.63. The molecular formula is C22H22N2O4S. The lowest BCUT2D eigenvalue weighted by atomic mass is 10.0. The van der Waals surface area contributed by atoms with E-state index in [1.807, 2.05) is 42.5 Å². The maximum Gasteiger partial charge on any atom is 0.243 e. The fraction of sp³-hybridized carbons (Fsp3) is 0.227. The molecule has 3 aromatic rings. The standard InChI is InChI=1S/C22H22N2O4S/c25-21-11-10-18(29(27,28)24-12-3-4-13-24)15-20(21)23-22(26)14-17-8-5-7-16-6-1-2-9-19(16)17/h1-2,5-11,15,25H,3-4,12-14H2,(H,23,26). The molecule has 1 heterocycles. The molecule has 0 spiro atoms. The molecule has 0 aliphatic carbocycles. The Morgan fingerprint density at radius 2 is 1.72 bits per heavy atom. The van der Waals surface area contributed by atoms with Gasteiger partial charge in [-0.2, -0.15) is 4.31 Å². The van der Waals surface area contributed by atoms with Gasteiger partial charge in [-0.05, 0) is 47.4 Å². The van der Waals surface area contributed by atoms with Crippen molar-refractivity contribution in [3.05, 3.63) is 66.2 Å². The molecule has 1 aliphatic heterocycles. The first kappa shape index (κ1) is 19.4. The van der Waals surface area contributed by atoms with E-state index in [1.165, 1.54) is 22.5 Å². The second-order valence-corrected chi connectivity index (χ2v) is 9.09. The summed E-state index contributed by atoms with van der Waals surface area (Å²) in [6.07, 6.45) is 1.79. The van der Waals surface area contributed by atoms with Gasteiger partial charge in [0, 0.05) is 13.1 Å². The van der Waals surface area contributed by atoms with Crippen LogP contribution in [0.3, 0.4) is 0 Å². The van der Waals surface area contributed by atoms with E-state index in [0.29, 0.717) is 13.1 Å². The average Bonchev–Trinajstić information content (AvgIpc) is 3.26. The summed E-state index contributed by atoms with van der Waals surface area (Å²) in [5.74, 6) is -0.496. The number of phenolic OH excluding ortho intramolecular Hbond substituents is 1. The highest BCUT2D eigenvalue weighted by Crippen LogP contribution is 2.29. The molecule has 0 aromatic heterocycles. The van der Waals surface area contributed by atoms with Crippen molar-refractivity contribution in [1.29, 1.82) is 0 Å². The van der Waals surface area contributed by atoms with Crippen LogP contribution in [0.5, 0.6) is 5.75 Å². The molecular weight excluding hydrogens is 388 g/mol. The van der Waals surface area contributed by atoms with Crippen LogP contribution in [0.4, 0.5) is 5.69 Å². The molecule has 1 aliphatic rings. The lowest BCUT2D eigenvalue weighted by molar-refractivity contribution is -0.115. The van der Waals surface area contributed by atoms with Gasteiger partial charge in [0.1, 0.15) is 5.75 Å². The third-order valence-electron chi connectivity index (χ3n) is 5.18. The number of benzene rings is 3. The van der Waals surface area contributed by atoms with Crippen molar-refractivity contribution in [2.75, 3.05) is 18.4 Å². The Bertz CT molecular complexity index is 1160. The molecule has 6 nitrogen and oxygen atoms in total. The van der Waals surface area contributed by atoms with Gasteiger partial charge in [0.15, 0.2) is 0 Å². The fourth-order valence-corrected chi connectivity index (χ4v) is 5.21. The van der Waals surface area contributed by atoms with Crippen molar-refractivity contribution in [1.82, 2.24) is 4.31 Å². The van der Waals surface area contributed by atoms with Crippen LogP contribution in [0.1, 0.15) is 18.4 Å². The molecule has 3 aromatic carbocycles. The average molecular weight is 410 g/mol. The number of carbonyl (C=O) groups excluding carboxylic acids is 1. The van der Waals surface area contributed by atoms with E-state index in [0.717, 1.165) is 29.2 Å². The van der Waals surface area contributed by atoms with E-state index >= 15 is 0 Å². The van der Waals surface area contributed by atoms with Crippen molar-refractivity contribution in [3.63, 3.8) is 0 Å². The lowest BCUT2D eigenvalue weighted by Gasteiger charge is -2.17. The molecule has 2 N–H and O–H groups in total.